The molecule has 2 aromatic carbocycles. The first-order chi connectivity index (χ1) is 10.5. The van der Waals surface area contributed by atoms with Gasteiger partial charge in [-0.2, -0.15) is 0 Å². The summed E-state index contributed by atoms with van der Waals surface area (Å²) in [5, 5.41) is 0.408. The SMILES string of the molecule is COc1cccc(NS(=O)(=O)c2ccc3nc(N)sc3c2)c1. The minimum Gasteiger partial charge on any atom is -0.497 e. The number of aromatic nitrogens is 1. The van der Waals surface area contributed by atoms with E-state index in [2.05, 4.69) is 9.71 Å². The van der Waals surface area contributed by atoms with Crippen LogP contribution in [0.2, 0.25) is 0 Å². The molecule has 0 fully saturated rings. The van der Waals surface area contributed by atoms with Gasteiger partial charge in [-0.3, -0.25) is 4.72 Å². The number of fused-ring (bicyclic) bond motifs is 1. The van der Waals surface area contributed by atoms with Gasteiger partial charge in [0.05, 0.1) is 27.9 Å². The van der Waals surface area contributed by atoms with Crippen molar-refractivity contribution in [1.29, 1.82) is 0 Å². The van der Waals surface area contributed by atoms with Crippen molar-refractivity contribution < 1.29 is 13.2 Å². The van der Waals surface area contributed by atoms with Gasteiger partial charge in [-0.15, -0.1) is 0 Å². The topological polar surface area (TPSA) is 94.3 Å². The lowest BCUT2D eigenvalue weighted by Gasteiger charge is -2.09. The lowest BCUT2D eigenvalue weighted by atomic mass is 10.3. The van der Waals surface area contributed by atoms with Crippen LogP contribution in [-0.4, -0.2) is 20.5 Å². The number of thiazole rings is 1. The molecule has 22 heavy (non-hydrogen) atoms. The lowest BCUT2D eigenvalue weighted by Crippen LogP contribution is -2.12. The molecule has 8 heteroatoms. The van der Waals surface area contributed by atoms with Crippen molar-refractivity contribution in [3.05, 3.63) is 42.5 Å². The Balaban J connectivity index is 1.96. The number of nitrogens with two attached hydrogens (primary N) is 1. The smallest absolute Gasteiger partial charge is 0.261 e. The van der Waals surface area contributed by atoms with E-state index < -0.39 is 10.0 Å². The van der Waals surface area contributed by atoms with Gasteiger partial charge in [0, 0.05) is 6.07 Å². The summed E-state index contributed by atoms with van der Waals surface area (Å²) < 4.78 is 33.2. The van der Waals surface area contributed by atoms with Crippen molar-refractivity contribution in [2.24, 2.45) is 0 Å². The maximum Gasteiger partial charge on any atom is 0.261 e. The summed E-state index contributed by atoms with van der Waals surface area (Å²) in [6.07, 6.45) is 0. The summed E-state index contributed by atoms with van der Waals surface area (Å²) in [5.41, 5.74) is 6.75. The van der Waals surface area contributed by atoms with Gasteiger partial charge >= 0.3 is 0 Å². The van der Waals surface area contributed by atoms with Crippen LogP contribution in [0.4, 0.5) is 10.8 Å². The van der Waals surface area contributed by atoms with Gasteiger partial charge in [0.2, 0.25) is 0 Å². The number of benzene rings is 2. The average molecular weight is 335 g/mol. The van der Waals surface area contributed by atoms with Crippen LogP contribution < -0.4 is 15.2 Å². The Kier molecular flexibility index (Phi) is 3.63. The molecule has 1 aromatic heterocycles. The van der Waals surface area contributed by atoms with E-state index in [1.54, 1.807) is 36.4 Å². The third-order valence-corrected chi connectivity index (χ3v) is 5.23. The van der Waals surface area contributed by atoms with Gasteiger partial charge in [-0.05, 0) is 30.3 Å². The highest BCUT2D eigenvalue weighted by Gasteiger charge is 2.16. The van der Waals surface area contributed by atoms with Gasteiger partial charge in [0.15, 0.2) is 5.13 Å². The van der Waals surface area contributed by atoms with E-state index in [1.165, 1.54) is 24.5 Å². The first-order valence-corrected chi connectivity index (χ1v) is 8.61. The number of hydrogen-bond donors (Lipinski definition) is 2. The number of ether oxygens (including phenoxy) is 1. The largest absolute Gasteiger partial charge is 0.497 e. The highest BCUT2D eigenvalue weighted by atomic mass is 32.2. The predicted octanol–water partition coefficient (Wildman–Crippen LogP) is 2.69. The molecule has 0 aliphatic rings. The first kappa shape index (κ1) is 14.6. The zero-order valence-corrected chi connectivity index (χ0v) is 13.2. The highest BCUT2D eigenvalue weighted by molar-refractivity contribution is 7.92. The van der Waals surface area contributed by atoms with Crippen molar-refractivity contribution in [1.82, 2.24) is 4.98 Å². The molecule has 3 aromatic rings. The summed E-state index contributed by atoms with van der Waals surface area (Å²) in [6.45, 7) is 0. The van der Waals surface area contributed by atoms with Crippen LogP contribution in [0.25, 0.3) is 10.2 Å². The van der Waals surface area contributed by atoms with Gasteiger partial charge in [0.1, 0.15) is 5.75 Å². The number of hydrogen-bond acceptors (Lipinski definition) is 6. The van der Waals surface area contributed by atoms with Crippen molar-refractivity contribution >= 4 is 42.4 Å². The quantitative estimate of drug-likeness (QED) is 0.764. The fourth-order valence-corrected chi connectivity index (χ4v) is 3.91. The van der Waals surface area contributed by atoms with E-state index in [4.69, 9.17) is 10.5 Å². The molecule has 0 aliphatic heterocycles. The second-order valence-electron chi connectivity index (χ2n) is 4.52. The van der Waals surface area contributed by atoms with E-state index in [0.717, 1.165) is 4.70 Å². The molecule has 0 amide bonds. The zero-order valence-electron chi connectivity index (χ0n) is 11.6. The Morgan fingerprint density at radius 2 is 2.05 bits per heavy atom. The standard InChI is InChI=1S/C14H13N3O3S2/c1-20-10-4-2-3-9(7-10)17-22(18,19)11-5-6-12-13(8-11)21-14(15)16-12/h2-8,17H,1H3,(H2,15,16). The molecule has 6 nitrogen and oxygen atoms in total. The zero-order chi connectivity index (χ0) is 15.7. The maximum atomic E-state index is 12.5. The van der Waals surface area contributed by atoms with Gasteiger partial charge in [-0.1, -0.05) is 17.4 Å². The Morgan fingerprint density at radius 1 is 1.23 bits per heavy atom. The molecular weight excluding hydrogens is 322 g/mol. The molecule has 0 unspecified atom stereocenters. The van der Waals surface area contributed by atoms with Crippen LogP contribution in [0.1, 0.15) is 0 Å². The molecule has 114 valence electrons. The van der Waals surface area contributed by atoms with Crippen LogP contribution in [0, 0.1) is 0 Å². The third kappa shape index (κ3) is 2.83. The fourth-order valence-electron chi connectivity index (χ4n) is 1.99. The summed E-state index contributed by atoms with van der Waals surface area (Å²) in [5.74, 6) is 0.575. The van der Waals surface area contributed by atoms with Crippen molar-refractivity contribution in [3.8, 4) is 5.75 Å². The molecule has 0 radical (unpaired) electrons. The normalized spacial score (nSPS) is 11.5. The number of methoxy groups -OCH3 is 1. The van der Waals surface area contributed by atoms with Gasteiger partial charge in [0.25, 0.3) is 10.0 Å². The Morgan fingerprint density at radius 3 is 2.82 bits per heavy atom. The number of anilines is 2. The molecule has 3 rings (SSSR count). The molecule has 0 bridgehead atoms. The molecule has 1 heterocycles. The molecule has 0 spiro atoms. The minimum atomic E-state index is -3.69. The molecule has 0 saturated carbocycles. The molecule has 0 atom stereocenters. The number of nitrogens with zero attached hydrogens (tertiary/aromatic N) is 1. The monoisotopic (exact) mass is 335 g/mol. The predicted molar refractivity (Wildman–Crippen MR) is 87.8 cm³/mol. The Hall–Kier alpha value is -2.32. The summed E-state index contributed by atoms with van der Waals surface area (Å²) >= 11 is 1.25. The maximum absolute atomic E-state index is 12.5. The van der Waals surface area contributed by atoms with E-state index >= 15 is 0 Å². The number of nitrogens with one attached hydrogen (secondary N) is 1. The van der Waals surface area contributed by atoms with Crippen molar-refractivity contribution in [2.75, 3.05) is 17.6 Å². The van der Waals surface area contributed by atoms with Crippen molar-refractivity contribution in [2.45, 2.75) is 4.90 Å². The van der Waals surface area contributed by atoms with Crippen molar-refractivity contribution in [3.63, 3.8) is 0 Å². The summed E-state index contributed by atoms with van der Waals surface area (Å²) in [4.78, 5) is 4.27. The van der Waals surface area contributed by atoms with Crippen LogP contribution in [0.3, 0.4) is 0 Å². The van der Waals surface area contributed by atoms with Crippen LogP contribution in [0.5, 0.6) is 5.75 Å². The highest BCUT2D eigenvalue weighted by Crippen LogP contribution is 2.27. The van der Waals surface area contributed by atoms with E-state index in [9.17, 15) is 8.42 Å². The fraction of sp³-hybridized carbons (Fsp3) is 0.0714. The average Bonchev–Trinajstić information content (AvgIpc) is 2.86. The molecule has 3 N–H and O–H groups in total. The van der Waals surface area contributed by atoms with E-state index in [-0.39, 0.29) is 4.90 Å². The second kappa shape index (κ2) is 5.47. The number of sulfonamides is 1. The Labute approximate surface area is 131 Å². The van der Waals surface area contributed by atoms with E-state index in [1.807, 2.05) is 0 Å². The number of rotatable bonds is 4. The molecule has 0 aliphatic carbocycles. The Bertz CT molecular complexity index is 935. The van der Waals surface area contributed by atoms with Crippen LogP contribution in [0.15, 0.2) is 47.4 Å². The molecule has 0 saturated heterocycles. The summed E-state index contributed by atoms with van der Waals surface area (Å²) in [7, 11) is -2.16. The second-order valence-corrected chi connectivity index (χ2v) is 7.26. The van der Waals surface area contributed by atoms with Gasteiger partial charge in [-0.25, -0.2) is 13.4 Å². The third-order valence-electron chi connectivity index (χ3n) is 3.01. The lowest BCUT2D eigenvalue weighted by molar-refractivity contribution is 0.415. The van der Waals surface area contributed by atoms with Crippen LogP contribution in [-0.2, 0) is 10.0 Å². The number of nitrogen functional groups attached to an aromatic ring is 1. The summed E-state index contributed by atoms with van der Waals surface area (Å²) in [6, 6.07) is 11.4. The van der Waals surface area contributed by atoms with E-state index in [0.29, 0.717) is 22.1 Å². The van der Waals surface area contributed by atoms with Gasteiger partial charge < -0.3 is 10.5 Å². The first-order valence-electron chi connectivity index (χ1n) is 6.31. The minimum absolute atomic E-state index is 0.159. The molecular formula is C14H13N3O3S2. The van der Waals surface area contributed by atoms with Crippen LogP contribution >= 0.6 is 11.3 Å².